The summed E-state index contributed by atoms with van der Waals surface area (Å²) >= 11 is 0. The van der Waals surface area contributed by atoms with E-state index >= 15 is 0 Å². The predicted octanol–water partition coefficient (Wildman–Crippen LogP) is 2.95. The second kappa shape index (κ2) is 9.21. The number of benzene rings is 1. The van der Waals surface area contributed by atoms with Crippen molar-refractivity contribution in [2.75, 3.05) is 19.7 Å². The van der Waals surface area contributed by atoms with Gasteiger partial charge >= 0.3 is 5.76 Å². The first-order chi connectivity index (χ1) is 13.8. The molecule has 1 aliphatic rings. The van der Waals surface area contributed by atoms with Crippen molar-refractivity contribution in [1.29, 1.82) is 0 Å². The van der Waals surface area contributed by atoms with Crippen molar-refractivity contribution in [3.8, 4) is 0 Å². The number of hydrogen-bond donors (Lipinski definition) is 0. The zero-order valence-electron chi connectivity index (χ0n) is 16.8. The molecule has 9 nitrogen and oxygen atoms in total. The third-order valence-corrected chi connectivity index (χ3v) is 5.18. The normalized spacial score (nSPS) is 16.8. The lowest BCUT2D eigenvalue weighted by Crippen LogP contribution is -2.30. The maximum Gasteiger partial charge on any atom is 0.419 e. The summed E-state index contributed by atoms with van der Waals surface area (Å²) in [6.45, 7) is 6.67. The van der Waals surface area contributed by atoms with E-state index < -0.39 is 10.7 Å². The first-order valence-corrected chi connectivity index (χ1v) is 10.0. The van der Waals surface area contributed by atoms with Crippen LogP contribution in [0.25, 0.3) is 11.1 Å². The van der Waals surface area contributed by atoms with Crippen LogP contribution in [-0.4, -0.2) is 46.1 Å². The van der Waals surface area contributed by atoms with Crippen LogP contribution in [0.2, 0.25) is 0 Å². The van der Waals surface area contributed by atoms with Crippen molar-refractivity contribution in [3.63, 3.8) is 0 Å². The largest absolute Gasteiger partial charge is 0.419 e. The fourth-order valence-electron chi connectivity index (χ4n) is 3.49. The zero-order chi connectivity index (χ0) is 21.0. The van der Waals surface area contributed by atoms with Crippen LogP contribution in [0.4, 0.5) is 5.69 Å². The fraction of sp³-hybridized carbons (Fsp3) is 0.600. The van der Waals surface area contributed by atoms with Gasteiger partial charge in [0.25, 0.3) is 5.69 Å². The van der Waals surface area contributed by atoms with E-state index in [-0.39, 0.29) is 23.3 Å². The molecule has 0 N–H and O–H groups in total. The van der Waals surface area contributed by atoms with Crippen LogP contribution in [0.3, 0.4) is 0 Å². The zero-order valence-corrected chi connectivity index (χ0v) is 16.8. The molecule has 0 spiro atoms. The number of nitro groups is 1. The molecule has 1 amide bonds. The number of aryl methyl sites for hydroxylation is 1. The number of carbonyl (C=O) groups is 1. The number of carbonyl (C=O) groups excluding carboxylic acids is 1. The smallest absolute Gasteiger partial charge is 0.407 e. The van der Waals surface area contributed by atoms with Crippen LogP contribution in [0.5, 0.6) is 0 Å². The number of amides is 1. The Hall–Kier alpha value is -2.68. The van der Waals surface area contributed by atoms with Crippen molar-refractivity contribution in [2.45, 2.75) is 52.2 Å². The number of likely N-dealkylation sites (tertiary alicyclic amines) is 1. The quantitative estimate of drug-likeness (QED) is 0.469. The van der Waals surface area contributed by atoms with Crippen molar-refractivity contribution in [2.24, 2.45) is 5.92 Å². The minimum Gasteiger partial charge on any atom is -0.407 e. The van der Waals surface area contributed by atoms with Gasteiger partial charge in [-0.25, -0.2) is 4.79 Å². The fourth-order valence-corrected chi connectivity index (χ4v) is 3.49. The average molecular weight is 405 g/mol. The molecule has 1 aromatic carbocycles. The molecule has 1 atom stereocenters. The second-order valence-electron chi connectivity index (χ2n) is 7.84. The molecule has 0 saturated carbocycles. The van der Waals surface area contributed by atoms with E-state index in [1.54, 1.807) is 0 Å². The number of hydrogen-bond acceptors (Lipinski definition) is 6. The molecule has 0 radical (unpaired) electrons. The van der Waals surface area contributed by atoms with E-state index in [1.165, 1.54) is 22.8 Å². The molecule has 0 unspecified atom stereocenters. The molecule has 29 heavy (non-hydrogen) atoms. The summed E-state index contributed by atoms with van der Waals surface area (Å²) in [6.07, 6.45) is 2.79. The molecule has 9 heteroatoms. The first kappa shape index (κ1) is 21.0. The first-order valence-electron chi connectivity index (χ1n) is 10.0. The Morgan fingerprint density at radius 3 is 2.93 bits per heavy atom. The van der Waals surface area contributed by atoms with E-state index in [0.717, 1.165) is 19.4 Å². The monoisotopic (exact) mass is 405 g/mol. The highest BCUT2D eigenvalue weighted by atomic mass is 16.6. The molecule has 0 aliphatic carbocycles. The maximum absolute atomic E-state index is 12.5. The number of nitrogens with zero attached hydrogens (tertiary/aromatic N) is 3. The van der Waals surface area contributed by atoms with Gasteiger partial charge in [0.1, 0.15) is 0 Å². The van der Waals surface area contributed by atoms with Gasteiger partial charge in [-0.1, -0.05) is 13.8 Å². The van der Waals surface area contributed by atoms with Crippen LogP contribution in [0.15, 0.2) is 27.4 Å². The highest BCUT2D eigenvalue weighted by Gasteiger charge is 2.26. The van der Waals surface area contributed by atoms with Gasteiger partial charge in [0, 0.05) is 38.7 Å². The minimum atomic E-state index is -0.576. The average Bonchev–Trinajstić information content (AvgIpc) is 3.25. The number of ether oxygens (including phenoxy) is 1. The SMILES string of the molecule is CC(C)CCO[C@H]1CCN(C(=O)CCCn2c(=O)oc3cc([N+](=O)[O-])ccc32)C1. The van der Waals surface area contributed by atoms with Gasteiger partial charge in [-0.2, -0.15) is 0 Å². The Morgan fingerprint density at radius 1 is 1.41 bits per heavy atom. The van der Waals surface area contributed by atoms with Crippen molar-refractivity contribution < 1.29 is 18.9 Å². The summed E-state index contributed by atoms with van der Waals surface area (Å²) < 4.78 is 12.4. The molecule has 1 aliphatic heterocycles. The van der Waals surface area contributed by atoms with Crippen molar-refractivity contribution in [3.05, 3.63) is 38.9 Å². The topological polar surface area (TPSA) is 108 Å². The van der Waals surface area contributed by atoms with E-state index in [0.29, 0.717) is 43.9 Å². The van der Waals surface area contributed by atoms with Crippen LogP contribution in [-0.2, 0) is 16.1 Å². The van der Waals surface area contributed by atoms with Gasteiger partial charge in [-0.15, -0.1) is 0 Å². The van der Waals surface area contributed by atoms with E-state index in [4.69, 9.17) is 9.15 Å². The lowest BCUT2D eigenvalue weighted by atomic mass is 10.1. The third-order valence-electron chi connectivity index (χ3n) is 5.18. The number of aromatic nitrogens is 1. The molecular weight excluding hydrogens is 378 g/mol. The molecule has 2 heterocycles. The summed E-state index contributed by atoms with van der Waals surface area (Å²) in [7, 11) is 0. The lowest BCUT2D eigenvalue weighted by Gasteiger charge is -2.17. The number of nitro benzene ring substituents is 1. The number of oxazole rings is 1. The van der Waals surface area contributed by atoms with E-state index in [2.05, 4.69) is 13.8 Å². The van der Waals surface area contributed by atoms with Crippen LogP contribution in [0.1, 0.15) is 39.5 Å². The molecule has 3 rings (SSSR count). The Bertz CT molecular complexity index is 932. The number of fused-ring (bicyclic) bond motifs is 1. The third kappa shape index (κ3) is 5.23. The van der Waals surface area contributed by atoms with Gasteiger partial charge in [0.15, 0.2) is 5.58 Å². The Labute approximate surface area is 168 Å². The van der Waals surface area contributed by atoms with Crippen LogP contribution >= 0.6 is 0 Å². The Kier molecular flexibility index (Phi) is 6.68. The summed E-state index contributed by atoms with van der Waals surface area (Å²) in [4.78, 5) is 36.6. The van der Waals surface area contributed by atoms with Gasteiger partial charge in [0.2, 0.25) is 5.91 Å². The van der Waals surface area contributed by atoms with E-state index in [9.17, 15) is 19.7 Å². The molecule has 1 saturated heterocycles. The molecule has 2 aromatic rings. The molecule has 1 aromatic heterocycles. The summed E-state index contributed by atoms with van der Waals surface area (Å²) in [5.74, 6) is 0.0758. The second-order valence-corrected chi connectivity index (χ2v) is 7.84. The van der Waals surface area contributed by atoms with Gasteiger partial charge in [-0.05, 0) is 31.2 Å². The van der Waals surface area contributed by atoms with Gasteiger partial charge < -0.3 is 14.1 Å². The van der Waals surface area contributed by atoms with E-state index in [1.807, 2.05) is 4.90 Å². The Morgan fingerprint density at radius 2 is 2.21 bits per heavy atom. The number of non-ortho nitro benzene ring substituents is 1. The summed E-state index contributed by atoms with van der Waals surface area (Å²) in [6, 6.07) is 4.07. The van der Waals surface area contributed by atoms with Crippen LogP contribution in [0, 0.1) is 16.0 Å². The molecule has 158 valence electrons. The number of rotatable bonds is 9. The predicted molar refractivity (Wildman–Crippen MR) is 107 cm³/mol. The van der Waals surface area contributed by atoms with Crippen LogP contribution < -0.4 is 5.76 Å². The van der Waals surface area contributed by atoms with Crippen molar-refractivity contribution >= 4 is 22.7 Å². The van der Waals surface area contributed by atoms with Gasteiger partial charge in [0.05, 0.1) is 22.6 Å². The highest BCUT2D eigenvalue weighted by molar-refractivity contribution is 5.77. The summed E-state index contributed by atoms with van der Waals surface area (Å²) in [5.41, 5.74) is 0.539. The molecule has 0 bridgehead atoms. The lowest BCUT2D eigenvalue weighted by molar-refractivity contribution is -0.384. The van der Waals surface area contributed by atoms with Gasteiger partial charge in [-0.3, -0.25) is 19.5 Å². The molecular formula is C20H27N3O6. The minimum absolute atomic E-state index is 0.0523. The maximum atomic E-state index is 12.5. The molecule has 1 fully saturated rings. The Balaban J connectivity index is 1.50. The highest BCUT2D eigenvalue weighted by Crippen LogP contribution is 2.21. The standard InChI is InChI=1S/C20H27N3O6/c1-14(2)8-11-28-16-7-10-21(13-16)19(24)4-3-9-22-17-6-5-15(23(26)27)12-18(17)29-20(22)25/h5-6,12,14,16H,3-4,7-11,13H2,1-2H3/t16-/m0/s1. The summed E-state index contributed by atoms with van der Waals surface area (Å²) in [5, 5.41) is 10.8. The van der Waals surface area contributed by atoms with Crippen molar-refractivity contribution in [1.82, 2.24) is 9.47 Å².